The summed E-state index contributed by atoms with van der Waals surface area (Å²) in [7, 11) is 3.05. The molecule has 8 nitrogen and oxygen atoms in total. The third-order valence-electron chi connectivity index (χ3n) is 5.60. The van der Waals surface area contributed by atoms with Crippen LogP contribution in [-0.2, 0) is 22.4 Å². The second kappa shape index (κ2) is 5.00. The van der Waals surface area contributed by atoms with Gasteiger partial charge < -0.3 is 0 Å². The fourth-order valence-corrected chi connectivity index (χ4v) is 4.21. The Kier molecular flexibility index (Phi) is 2.93. The lowest BCUT2D eigenvalue weighted by Gasteiger charge is -2.31. The van der Waals surface area contributed by atoms with Gasteiger partial charge in [-0.3, -0.25) is 19.4 Å². The predicted octanol–water partition coefficient (Wildman–Crippen LogP) is 0.195. The van der Waals surface area contributed by atoms with E-state index in [1.807, 2.05) is 12.1 Å². The Morgan fingerprint density at radius 1 is 1.08 bits per heavy atom. The lowest BCUT2D eigenvalue weighted by Crippen LogP contribution is -2.61. The quantitative estimate of drug-likeness (QED) is 0.678. The van der Waals surface area contributed by atoms with E-state index in [9.17, 15) is 14.4 Å². The largest absolute Gasteiger partial charge is 0.405 e. The zero-order valence-electron chi connectivity index (χ0n) is 14.6. The number of nitrogens with zero attached hydrogens (tertiary/aromatic N) is 5. The summed E-state index contributed by atoms with van der Waals surface area (Å²) in [5.41, 5.74) is 3.36. The van der Waals surface area contributed by atoms with E-state index in [0.717, 1.165) is 29.8 Å². The number of guanidine groups is 1. The van der Waals surface area contributed by atoms with Crippen LogP contribution in [0.1, 0.15) is 17.5 Å². The summed E-state index contributed by atoms with van der Waals surface area (Å²) in [5.74, 6) is 0.337. The van der Waals surface area contributed by atoms with E-state index in [4.69, 9.17) is 0 Å². The van der Waals surface area contributed by atoms with Crippen LogP contribution in [0.25, 0.3) is 0 Å². The molecule has 3 aliphatic heterocycles. The Bertz CT molecular complexity index is 964. The van der Waals surface area contributed by atoms with Gasteiger partial charge in [0.15, 0.2) is 6.54 Å². The second-order valence-electron chi connectivity index (χ2n) is 7.08. The first-order valence-electron chi connectivity index (χ1n) is 8.69. The Hall–Kier alpha value is -3.03. The van der Waals surface area contributed by atoms with Gasteiger partial charge in [0.1, 0.15) is 5.69 Å². The molecule has 1 unspecified atom stereocenters. The van der Waals surface area contributed by atoms with Crippen molar-refractivity contribution >= 4 is 35.3 Å². The zero-order chi connectivity index (χ0) is 18.2. The van der Waals surface area contributed by atoms with E-state index in [1.54, 1.807) is 16.5 Å². The fourth-order valence-electron chi connectivity index (χ4n) is 4.21. The van der Waals surface area contributed by atoms with Crippen LogP contribution in [0.2, 0.25) is 0 Å². The van der Waals surface area contributed by atoms with Crippen molar-refractivity contribution in [1.29, 1.82) is 0 Å². The first-order chi connectivity index (χ1) is 12.5. The molecule has 1 aromatic rings. The number of likely N-dealkylation sites (N-methyl/N-ethyl adjacent to an activating group) is 2. The molecular formula is C18H18N5O3+. The number of benzene rings is 1. The van der Waals surface area contributed by atoms with Crippen molar-refractivity contribution in [1.82, 2.24) is 9.80 Å². The van der Waals surface area contributed by atoms with Crippen molar-refractivity contribution in [3.8, 4) is 0 Å². The zero-order valence-corrected chi connectivity index (χ0v) is 14.6. The van der Waals surface area contributed by atoms with Gasteiger partial charge in [0.2, 0.25) is 11.9 Å². The van der Waals surface area contributed by atoms with Crippen molar-refractivity contribution in [2.24, 2.45) is 4.99 Å². The molecule has 4 amide bonds. The number of fused-ring (bicyclic) bond motifs is 3. The monoisotopic (exact) mass is 352 g/mol. The average Bonchev–Trinajstić information content (AvgIpc) is 3.30. The molecule has 0 spiro atoms. The molecule has 1 aliphatic carbocycles. The molecule has 8 heteroatoms. The minimum Gasteiger partial charge on any atom is -0.270 e. The molecule has 0 radical (unpaired) electrons. The van der Waals surface area contributed by atoms with Crippen LogP contribution >= 0.6 is 0 Å². The van der Waals surface area contributed by atoms with Gasteiger partial charge in [-0.1, -0.05) is 11.1 Å². The van der Waals surface area contributed by atoms with Gasteiger partial charge in [-0.15, -0.1) is 0 Å². The van der Waals surface area contributed by atoms with Crippen molar-refractivity contribution in [3.05, 3.63) is 29.3 Å². The number of aliphatic imine (C=N–C) groups is 1. The average molecular weight is 352 g/mol. The van der Waals surface area contributed by atoms with Crippen LogP contribution in [0.4, 0.5) is 10.5 Å². The maximum atomic E-state index is 12.7. The molecule has 1 saturated heterocycles. The summed E-state index contributed by atoms with van der Waals surface area (Å²) in [6, 6.07) is 4.91. The molecule has 26 heavy (non-hydrogen) atoms. The topological polar surface area (TPSA) is 76.3 Å². The Balaban J connectivity index is 1.60. The normalized spacial score (nSPS) is 24.4. The molecule has 1 aromatic carbocycles. The summed E-state index contributed by atoms with van der Waals surface area (Å²) in [4.78, 5) is 46.0. The molecule has 0 aromatic heterocycles. The summed E-state index contributed by atoms with van der Waals surface area (Å²) < 4.78 is 1.69. The third kappa shape index (κ3) is 1.81. The summed E-state index contributed by atoms with van der Waals surface area (Å²) >= 11 is 0. The second-order valence-corrected chi connectivity index (χ2v) is 7.08. The summed E-state index contributed by atoms with van der Waals surface area (Å²) in [5, 5.41) is 0. The van der Waals surface area contributed by atoms with Gasteiger partial charge in [0.05, 0.1) is 0 Å². The molecule has 0 N–H and O–H groups in total. The smallest absolute Gasteiger partial charge is 0.270 e. The highest BCUT2D eigenvalue weighted by Crippen LogP contribution is 2.31. The van der Waals surface area contributed by atoms with Crippen LogP contribution < -0.4 is 4.90 Å². The standard InChI is InChI=1S/C18H18N5O3/c1-20-15-14(16(25)21(2)18(20)26)22-9-13(24)23(17(22)19-15)12-7-6-10-4-3-5-11(10)8-12/h6-8,14H,3-5,9H2,1-2H3/q+1. The highest BCUT2D eigenvalue weighted by molar-refractivity contribution is 6.28. The first-order valence-corrected chi connectivity index (χ1v) is 8.69. The number of amidine groups is 1. The van der Waals surface area contributed by atoms with E-state index in [2.05, 4.69) is 11.1 Å². The molecule has 4 aliphatic rings. The molecule has 1 fully saturated rings. The molecule has 0 saturated carbocycles. The van der Waals surface area contributed by atoms with Crippen molar-refractivity contribution < 1.29 is 19.0 Å². The minimum absolute atomic E-state index is 0.0751. The van der Waals surface area contributed by atoms with Crippen LogP contribution in [-0.4, -0.2) is 70.7 Å². The predicted molar refractivity (Wildman–Crippen MR) is 93.2 cm³/mol. The summed E-state index contributed by atoms with van der Waals surface area (Å²) in [6.07, 6.45) is 3.22. The lowest BCUT2D eigenvalue weighted by molar-refractivity contribution is -0.519. The molecule has 3 heterocycles. The maximum absolute atomic E-state index is 12.7. The van der Waals surface area contributed by atoms with Gasteiger partial charge in [0, 0.05) is 14.1 Å². The van der Waals surface area contributed by atoms with Crippen LogP contribution in [0.5, 0.6) is 0 Å². The molecular weight excluding hydrogens is 334 g/mol. The van der Waals surface area contributed by atoms with Gasteiger partial charge in [0.25, 0.3) is 5.91 Å². The molecule has 1 atom stereocenters. The van der Waals surface area contributed by atoms with E-state index in [-0.39, 0.29) is 18.4 Å². The number of aryl methyl sites for hydroxylation is 2. The number of imide groups is 1. The number of amides is 4. The van der Waals surface area contributed by atoms with Gasteiger partial charge in [-0.2, -0.15) is 4.90 Å². The molecule has 0 bridgehead atoms. The van der Waals surface area contributed by atoms with Gasteiger partial charge >= 0.3 is 17.9 Å². The van der Waals surface area contributed by atoms with Crippen LogP contribution in [0.15, 0.2) is 23.2 Å². The number of hydrogen-bond donors (Lipinski definition) is 0. The number of carbonyl (C=O) groups excluding carboxylic acids is 3. The number of urea groups is 1. The lowest BCUT2D eigenvalue weighted by atomic mass is 10.1. The van der Waals surface area contributed by atoms with Crippen molar-refractivity contribution in [2.45, 2.75) is 25.3 Å². The number of hydrogen-bond acceptors (Lipinski definition) is 4. The van der Waals surface area contributed by atoms with Gasteiger partial charge in [-0.25, -0.2) is 9.37 Å². The van der Waals surface area contributed by atoms with E-state index >= 15 is 0 Å². The third-order valence-corrected chi connectivity index (χ3v) is 5.60. The van der Waals surface area contributed by atoms with Crippen molar-refractivity contribution in [2.75, 3.05) is 25.5 Å². The van der Waals surface area contributed by atoms with E-state index in [0.29, 0.717) is 11.8 Å². The van der Waals surface area contributed by atoms with Crippen LogP contribution in [0, 0.1) is 0 Å². The number of rotatable bonds is 1. The SMILES string of the molecule is CN1C(=O)C2C(=NC3=[N+]2CC(=O)N3c2ccc3c(c2)CCC3)N(C)C1=O. The molecule has 5 rings (SSSR count). The summed E-state index contributed by atoms with van der Waals surface area (Å²) in [6.45, 7) is 0.0751. The Morgan fingerprint density at radius 3 is 2.65 bits per heavy atom. The number of carbonyl (C=O) groups is 3. The van der Waals surface area contributed by atoms with Crippen LogP contribution in [0.3, 0.4) is 0 Å². The molecule has 132 valence electrons. The van der Waals surface area contributed by atoms with Crippen molar-refractivity contribution in [3.63, 3.8) is 0 Å². The highest BCUT2D eigenvalue weighted by Gasteiger charge is 2.57. The van der Waals surface area contributed by atoms with Gasteiger partial charge in [-0.05, 0) is 42.5 Å². The Labute approximate surface area is 150 Å². The first kappa shape index (κ1) is 15.2. The minimum atomic E-state index is -0.721. The van der Waals surface area contributed by atoms with E-state index < -0.39 is 12.1 Å². The Morgan fingerprint density at radius 2 is 1.85 bits per heavy atom. The highest BCUT2D eigenvalue weighted by atomic mass is 16.2. The van der Waals surface area contributed by atoms with E-state index in [1.165, 1.54) is 23.1 Å². The maximum Gasteiger partial charge on any atom is 0.405 e. The number of anilines is 1. The fraction of sp³-hybridized carbons (Fsp3) is 0.389.